The van der Waals surface area contributed by atoms with E-state index in [4.69, 9.17) is 10.5 Å². The van der Waals surface area contributed by atoms with Crippen molar-refractivity contribution in [3.05, 3.63) is 53.8 Å². The number of nitriles is 1. The van der Waals surface area contributed by atoms with Crippen LogP contribution in [0.15, 0.2) is 42.5 Å². The summed E-state index contributed by atoms with van der Waals surface area (Å²) in [7, 11) is 4.02. The minimum atomic E-state index is -0.700. The number of H-pyrrole nitrogens is 1. The van der Waals surface area contributed by atoms with Gasteiger partial charge in [0, 0.05) is 23.7 Å². The number of pyridine rings is 1. The molecule has 0 bridgehead atoms. The molecule has 2 aromatic heterocycles. The molecule has 10 heteroatoms. The van der Waals surface area contributed by atoms with Crippen LogP contribution >= 0.6 is 12.4 Å². The number of hydrogen-bond acceptors (Lipinski definition) is 7. The van der Waals surface area contributed by atoms with Gasteiger partial charge < -0.3 is 20.5 Å². The summed E-state index contributed by atoms with van der Waals surface area (Å²) in [5.41, 5.74) is 7.90. The number of aromatic nitrogens is 3. The Morgan fingerprint density at radius 2 is 1.94 bits per heavy atom. The maximum absolute atomic E-state index is 14.7. The van der Waals surface area contributed by atoms with Crippen molar-refractivity contribution in [2.24, 2.45) is 0 Å². The van der Waals surface area contributed by atoms with E-state index in [0.29, 0.717) is 28.9 Å². The first-order valence-electron chi connectivity index (χ1n) is 10.3. The molecule has 0 saturated carbocycles. The Bertz CT molecular complexity index is 1350. The van der Waals surface area contributed by atoms with Crippen LogP contribution in [0.2, 0.25) is 0 Å². The minimum absolute atomic E-state index is 0. The van der Waals surface area contributed by atoms with Crippen LogP contribution < -0.4 is 10.5 Å². The number of nitrogens with zero attached hydrogens (tertiary/aromatic N) is 4. The Balaban J connectivity index is 0.00000324. The molecule has 0 aliphatic heterocycles. The van der Waals surface area contributed by atoms with Gasteiger partial charge in [0.05, 0.1) is 23.3 Å². The molecule has 4 N–H and O–H groups in total. The number of anilines is 1. The van der Waals surface area contributed by atoms with E-state index < -0.39 is 5.82 Å². The molecule has 2 aromatic carbocycles. The predicted molar refractivity (Wildman–Crippen MR) is 131 cm³/mol. The second-order valence-electron chi connectivity index (χ2n) is 7.85. The maximum Gasteiger partial charge on any atom is 0.184 e. The minimum Gasteiger partial charge on any atom is -0.508 e. The lowest BCUT2D eigenvalue weighted by Crippen LogP contribution is -2.15. The second kappa shape index (κ2) is 10.4. The van der Waals surface area contributed by atoms with Gasteiger partial charge in [0.2, 0.25) is 0 Å². The monoisotopic (exact) mass is 482 g/mol. The molecular weight excluding hydrogens is 459 g/mol. The Labute approximate surface area is 202 Å². The van der Waals surface area contributed by atoms with Crippen LogP contribution in [0.1, 0.15) is 12.0 Å². The number of fused-ring (bicyclic) bond motifs is 1. The third-order valence-electron chi connectivity index (χ3n) is 5.21. The van der Waals surface area contributed by atoms with Gasteiger partial charge in [-0.2, -0.15) is 10.4 Å². The van der Waals surface area contributed by atoms with Crippen LogP contribution in [0.5, 0.6) is 11.5 Å². The molecule has 0 fully saturated rings. The highest BCUT2D eigenvalue weighted by molar-refractivity contribution is 6.04. The third kappa shape index (κ3) is 4.88. The van der Waals surface area contributed by atoms with Gasteiger partial charge in [-0.25, -0.2) is 9.37 Å². The number of aromatic hydroxyl groups is 1. The Morgan fingerprint density at radius 1 is 1.21 bits per heavy atom. The fourth-order valence-corrected chi connectivity index (χ4v) is 3.66. The van der Waals surface area contributed by atoms with Crippen LogP contribution in [0.4, 0.5) is 10.2 Å². The molecule has 0 atom stereocenters. The van der Waals surface area contributed by atoms with E-state index in [0.717, 1.165) is 19.0 Å². The molecular formula is C24H24ClFN6O2. The number of benzene rings is 2. The number of aromatic amines is 1. The number of hydrogen-bond donors (Lipinski definition) is 3. The zero-order valence-corrected chi connectivity index (χ0v) is 19.5. The normalized spacial score (nSPS) is 10.8. The molecule has 8 nitrogen and oxygen atoms in total. The van der Waals surface area contributed by atoms with Crippen molar-refractivity contribution in [1.29, 1.82) is 5.26 Å². The largest absolute Gasteiger partial charge is 0.508 e. The quantitative estimate of drug-likeness (QED) is 0.334. The van der Waals surface area contributed by atoms with Crippen molar-refractivity contribution < 1.29 is 14.2 Å². The summed E-state index contributed by atoms with van der Waals surface area (Å²) < 4.78 is 20.5. The summed E-state index contributed by atoms with van der Waals surface area (Å²) in [6, 6.07) is 13.1. The molecule has 4 aromatic rings. The highest BCUT2D eigenvalue weighted by Gasteiger charge is 2.23. The number of rotatable bonds is 7. The fourth-order valence-electron chi connectivity index (χ4n) is 3.66. The lowest BCUT2D eigenvalue weighted by Gasteiger charge is -2.13. The third-order valence-corrected chi connectivity index (χ3v) is 5.21. The molecule has 0 spiro atoms. The number of nitrogens with one attached hydrogen (secondary N) is 1. The number of halogens is 2. The summed E-state index contributed by atoms with van der Waals surface area (Å²) >= 11 is 0. The van der Waals surface area contributed by atoms with Crippen molar-refractivity contribution in [1.82, 2.24) is 20.1 Å². The van der Waals surface area contributed by atoms with Crippen LogP contribution in [0, 0.1) is 17.1 Å². The predicted octanol–water partition coefficient (Wildman–Crippen LogP) is 4.34. The van der Waals surface area contributed by atoms with Gasteiger partial charge in [-0.05, 0) is 50.3 Å². The van der Waals surface area contributed by atoms with Gasteiger partial charge in [0.1, 0.15) is 29.2 Å². The molecule has 0 aliphatic rings. The van der Waals surface area contributed by atoms with Crippen molar-refractivity contribution in [3.8, 4) is 40.0 Å². The summed E-state index contributed by atoms with van der Waals surface area (Å²) in [6.07, 6.45) is 0.894. The number of nitrogens with two attached hydrogens (primary N) is 1. The highest BCUT2D eigenvalue weighted by atomic mass is 35.5. The number of phenols is 1. The SMILES string of the molecule is CN(C)CCCOc1ccc(-c2c(C#N)c(-c3ccc(O)cc3F)nc3n[nH]c(N)c23)cc1.Cl. The van der Waals surface area contributed by atoms with Crippen molar-refractivity contribution >= 4 is 29.3 Å². The zero-order valence-electron chi connectivity index (χ0n) is 18.7. The van der Waals surface area contributed by atoms with Crippen molar-refractivity contribution in [2.45, 2.75) is 6.42 Å². The van der Waals surface area contributed by atoms with Crippen LogP contribution in [0.25, 0.3) is 33.4 Å². The van der Waals surface area contributed by atoms with E-state index in [9.17, 15) is 14.8 Å². The van der Waals surface area contributed by atoms with E-state index >= 15 is 0 Å². The molecule has 4 rings (SSSR count). The number of ether oxygens (including phenoxy) is 1. The molecule has 176 valence electrons. The van der Waals surface area contributed by atoms with Gasteiger partial charge >= 0.3 is 0 Å². The highest BCUT2D eigenvalue weighted by Crippen LogP contribution is 2.39. The molecule has 0 aliphatic carbocycles. The van der Waals surface area contributed by atoms with Crippen LogP contribution in [0.3, 0.4) is 0 Å². The Hall–Kier alpha value is -3.87. The average molecular weight is 483 g/mol. The van der Waals surface area contributed by atoms with E-state index in [1.54, 1.807) is 0 Å². The lowest BCUT2D eigenvalue weighted by atomic mass is 9.93. The van der Waals surface area contributed by atoms with Crippen molar-refractivity contribution in [3.63, 3.8) is 0 Å². The molecule has 2 heterocycles. The molecule has 0 amide bonds. The molecule has 0 saturated heterocycles. The number of phenolic OH excluding ortho intramolecular Hbond substituents is 1. The topological polar surface area (TPSA) is 124 Å². The maximum atomic E-state index is 14.7. The van der Waals surface area contributed by atoms with E-state index in [1.165, 1.54) is 12.1 Å². The first kappa shape index (κ1) is 24.8. The second-order valence-corrected chi connectivity index (χ2v) is 7.85. The molecule has 34 heavy (non-hydrogen) atoms. The summed E-state index contributed by atoms with van der Waals surface area (Å²) in [6.45, 7) is 1.51. The lowest BCUT2D eigenvalue weighted by molar-refractivity contribution is 0.281. The fraction of sp³-hybridized carbons (Fsp3) is 0.208. The first-order valence-corrected chi connectivity index (χ1v) is 10.3. The average Bonchev–Trinajstić information content (AvgIpc) is 3.16. The summed E-state index contributed by atoms with van der Waals surface area (Å²) in [5.74, 6) is 0.0348. The smallest absolute Gasteiger partial charge is 0.184 e. The summed E-state index contributed by atoms with van der Waals surface area (Å²) in [4.78, 5) is 6.49. The van der Waals surface area contributed by atoms with E-state index in [-0.39, 0.29) is 46.4 Å². The van der Waals surface area contributed by atoms with Gasteiger partial charge in [-0.3, -0.25) is 5.10 Å². The van der Waals surface area contributed by atoms with Gasteiger partial charge in [-0.15, -0.1) is 12.4 Å². The van der Waals surface area contributed by atoms with Gasteiger partial charge in [0.25, 0.3) is 0 Å². The Kier molecular flexibility index (Phi) is 7.56. The number of nitrogen functional groups attached to an aromatic ring is 1. The molecule has 0 unspecified atom stereocenters. The summed E-state index contributed by atoms with van der Waals surface area (Å²) in [5, 5.41) is 26.9. The first-order chi connectivity index (χ1) is 15.9. The zero-order chi connectivity index (χ0) is 23.5. The Morgan fingerprint density at radius 3 is 2.59 bits per heavy atom. The van der Waals surface area contributed by atoms with Crippen molar-refractivity contribution in [2.75, 3.05) is 33.0 Å². The van der Waals surface area contributed by atoms with Crippen LogP contribution in [-0.4, -0.2) is 52.4 Å². The molecule has 0 radical (unpaired) electrons. The van der Waals surface area contributed by atoms with Gasteiger partial charge in [0.15, 0.2) is 5.65 Å². The van der Waals surface area contributed by atoms with Crippen LogP contribution in [-0.2, 0) is 0 Å². The van der Waals surface area contributed by atoms with E-state index in [1.807, 2.05) is 38.4 Å². The van der Waals surface area contributed by atoms with Gasteiger partial charge in [-0.1, -0.05) is 12.1 Å². The standard InChI is InChI=1S/C24H23FN6O2.ClH/c1-31(2)10-3-11-33-16-7-4-14(5-8-16)20-18(13-26)22(17-9-6-15(32)12-19(17)25)28-24-21(20)23(27)29-30-24;/h4-9,12,32H,3,10-11H2,1-2H3,(H3,27,28,29,30);1H. The van der Waals surface area contributed by atoms with E-state index in [2.05, 4.69) is 26.2 Å².